The Balaban J connectivity index is 1.69. The normalized spacial score (nSPS) is 18.3. The Morgan fingerprint density at radius 3 is 2.53 bits per heavy atom. The van der Waals surface area contributed by atoms with Crippen LogP contribution in [-0.4, -0.2) is 34.1 Å². The largest absolute Gasteiger partial charge is 0.308 e. The Labute approximate surface area is 175 Å². The monoisotopic (exact) mass is 430 g/mol. The maximum absolute atomic E-state index is 13.1. The SMILES string of the molecule is Cc1cc(S(=O)(=O)C2CC2)cc(=O)n1[C@@H](CC1CCCC1)C(=O)Nc1cnccn1. The highest BCUT2D eigenvalue weighted by atomic mass is 32.2. The molecule has 0 spiro atoms. The molecule has 2 fully saturated rings. The van der Waals surface area contributed by atoms with Gasteiger partial charge in [-0.2, -0.15) is 0 Å². The van der Waals surface area contributed by atoms with E-state index in [1.54, 1.807) is 6.92 Å². The van der Waals surface area contributed by atoms with E-state index in [4.69, 9.17) is 0 Å². The highest BCUT2D eigenvalue weighted by Gasteiger charge is 2.38. The van der Waals surface area contributed by atoms with Crippen molar-refractivity contribution in [2.24, 2.45) is 5.92 Å². The standard InChI is InChI=1S/C21H26N4O4S/c1-14-10-17(30(28,29)16-6-7-16)12-20(26)25(14)18(11-15-4-2-3-5-15)21(27)24-19-13-22-8-9-23-19/h8-10,12-13,15-16,18H,2-7,11H2,1H3,(H,23,24,27)/t18-/m0/s1. The lowest BCUT2D eigenvalue weighted by atomic mass is 9.97. The van der Waals surface area contributed by atoms with Gasteiger partial charge in [-0.1, -0.05) is 25.7 Å². The number of anilines is 1. The van der Waals surface area contributed by atoms with Crippen LogP contribution in [0.4, 0.5) is 5.82 Å². The van der Waals surface area contributed by atoms with Crippen LogP contribution in [0.2, 0.25) is 0 Å². The molecule has 2 saturated carbocycles. The number of hydrogen-bond donors (Lipinski definition) is 1. The average molecular weight is 431 g/mol. The molecule has 1 amide bonds. The second kappa shape index (κ2) is 8.29. The summed E-state index contributed by atoms with van der Waals surface area (Å²) in [5.74, 6) is 0.326. The third-order valence-electron chi connectivity index (χ3n) is 5.99. The number of aryl methyl sites for hydroxylation is 1. The van der Waals surface area contributed by atoms with Gasteiger partial charge in [0.25, 0.3) is 5.56 Å². The van der Waals surface area contributed by atoms with Gasteiger partial charge in [-0.3, -0.25) is 14.6 Å². The molecule has 9 heteroatoms. The van der Waals surface area contributed by atoms with Gasteiger partial charge >= 0.3 is 0 Å². The first-order valence-electron chi connectivity index (χ1n) is 10.4. The average Bonchev–Trinajstić information content (AvgIpc) is 3.45. The van der Waals surface area contributed by atoms with Crippen LogP contribution in [-0.2, 0) is 14.6 Å². The second-order valence-corrected chi connectivity index (χ2v) is 10.5. The molecule has 1 N–H and O–H groups in total. The van der Waals surface area contributed by atoms with Crippen molar-refractivity contribution in [1.82, 2.24) is 14.5 Å². The Hall–Kier alpha value is -2.55. The number of hydrogen-bond acceptors (Lipinski definition) is 6. The molecular weight excluding hydrogens is 404 g/mol. The van der Waals surface area contributed by atoms with E-state index >= 15 is 0 Å². The molecule has 160 valence electrons. The van der Waals surface area contributed by atoms with Crippen molar-refractivity contribution in [2.45, 2.75) is 68.1 Å². The zero-order valence-corrected chi connectivity index (χ0v) is 17.8. The lowest BCUT2D eigenvalue weighted by molar-refractivity contribution is -0.119. The molecule has 0 aliphatic heterocycles. The fourth-order valence-electron chi connectivity index (χ4n) is 4.28. The number of nitrogens with one attached hydrogen (secondary N) is 1. The van der Waals surface area contributed by atoms with E-state index in [0.29, 0.717) is 36.7 Å². The molecule has 0 aromatic carbocycles. The van der Waals surface area contributed by atoms with Crippen molar-refractivity contribution >= 4 is 21.6 Å². The minimum atomic E-state index is -3.48. The Morgan fingerprint density at radius 2 is 1.93 bits per heavy atom. The van der Waals surface area contributed by atoms with Crippen LogP contribution in [0.5, 0.6) is 0 Å². The first-order chi connectivity index (χ1) is 14.4. The first-order valence-corrected chi connectivity index (χ1v) is 11.9. The summed E-state index contributed by atoms with van der Waals surface area (Å²) in [5, 5.41) is 2.36. The summed E-state index contributed by atoms with van der Waals surface area (Å²) >= 11 is 0. The smallest absolute Gasteiger partial charge is 0.252 e. The Morgan fingerprint density at radius 1 is 1.20 bits per heavy atom. The molecule has 2 heterocycles. The molecule has 0 bridgehead atoms. The van der Waals surface area contributed by atoms with Gasteiger partial charge in [0.05, 0.1) is 16.3 Å². The highest BCUT2D eigenvalue weighted by Crippen LogP contribution is 2.35. The number of rotatable bonds is 7. The summed E-state index contributed by atoms with van der Waals surface area (Å²) in [6.07, 6.45) is 10.5. The van der Waals surface area contributed by atoms with E-state index in [1.807, 2.05) is 0 Å². The predicted molar refractivity (Wildman–Crippen MR) is 112 cm³/mol. The summed E-state index contributed by atoms with van der Waals surface area (Å²) in [6.45, 7) is 1.69. The summed E-state index contributed by atoms with van der Waals surface area (Å²) in [5.41, 5.74) is 0.00513. The molecule has 1 atom stereocenters. The quantitative estimate of drug-likeness (QED) is 0.723. The number of pyridine rings is 1. The number of carbonyl (C=O) groups excluding carboxylic acids is 1. The summed E-state index contributed by atoms with van der Waals surface area (Å²) in [4.78, 5) is 34.3. The van der Waals surface area contributed by atoms with E-state index < -0.39 is 21.4 Å². The summed E-state index contributed by atoms with van der Waals surface area (Å²) in [6, 6.07) is 1.95. The van der Waals surface area contributed by atoms with E-state index in [2.05, 4.69) is 15.3 Å². The van der Waals surface area contributed by atoms with E-state index in [-0.39, 0.29) is 16.1 Å². The fourth-order valence-corrected chi connectivity index (χ4v) is 6.02. The number of amides is 1. The molecule has 8 nitrogen and oxygen atoms in total. The number of carbonyl (C=O) groups is 1. The topological polar surface area (TPSA) is 111 Å². The predicted octanol–water partition coefficient (Wildman–Crippen LogP) is 2.64. The van der Waals surface area contributed by atoms with Crippen molar-refractivity contribution < 1.29 is 13.2 Å². The van der Waals surface area contributed by atoms with Crippen LogP contribution in [0.25, 0.3) is 0 Å². The van der Waals surface area contributed by atoms with Crippen molar-refractivity contribution in [1.29, 1.82) is 0 Å². The van der Waals surface area contributed by atoms with Gasteiger partial charge in [0.2, 0.25) is 5.91 Å². The van der Waals surface area contributed by atoms with Gasteiger partial charge in [0, 0.05) is 24.2 Å². The number of aromatic nitrogens is 3. The van der Waals surface area contributed by atoms with Crippen molar-refractivity contribution in [2.75, 3.05) is 5.32 Å². The fraction of sp³-hybridized carbons (Fsp3) is 0.524. The van der Waals surface area contributed by atoms with Crippen LogP contribution in [0.3, 0.4) is 0 Å². The third kappa shape index (κ3) is 4.30. The molecule has 0 radical (unpaired) electrons. The zero-order chi connectivity index (χ0) is 21.3. The minimum Gasteiger partial charge on any atom is -0.308 e. The Kier molecular flexibility index (Phi) is 5.73. The molecular formula is C21H26N4O4S. The Bertz CT molecular complexity index is 1090. The van der Waals surface area contributed by atoms with Crippen LogP contribution in [0.1, 0.15) is 56.7 Å². The van der Waals surface area contributed by atoms with Gasteiger partial charge in [-0.15, -0.1) is 0 Å². The zero-order valence-electron chi connectivity index (χ0n) is 17.0. The lowest BCUT2D eigenvalue weighted by Gasteiger charge is -2.24. The van der Waals surface area contributed by atoms with Crippen LogP contribution >= 0.6 is 0 Å². The third-order valence-corrected chi connectivity index (χ3v) is 8.23. The summed E-state index contributed by atoms with van der Waals surface area (Å²) < 4.78 is 26.6. The number of nitrogens with zero attached hydrogens (tertiary/aromatic N) is 3. The van der Waals surface area contributed by atoms with E-state index in [9.17, 15) is 18.0 Å². The van der Waals surface area contributed by atoms with Crippen LogP contribution in [0, 0.1) is 12.8 Å². The molecule has 2 aliphatic carbocycles. The van der Waals surface area contributed by atoms with Crippen molar-refractivity contribution in [3.05, 3.63) is 46.8 Å². The van der Waals surface area contributed by atoms with Gasteiger partial charge in [-0.25, -0.2) is 13.4 Å². The van der Waals surface area contributed by atoms with E-state index in [0.717, 1.165) is 31.7 Å². The maximum Gasteiger partial charge on any atom is 0.252 e. The van der Waals surface area contributed by atoms with Crippen LogP contribution < -0.4 is 10.9 Å². The minimum absolute atomic E-state index is 0.0534. The molecule has 0 saturated heterocycles. The molecule has 30 heavy (non-hydrogen) atoms. The van der Waals surface area contributed by atoms with Crippen LogP contribution in [0.15, 0.2) is 40.4 Å². The van der Waals surface area contributed by atoms with Crippen molar-refractivity contribution in [3.8, 4) is 0 Å². The van der Waals surface area contributed by atoms with Gasteiger partial charge in [0.1, 0.15) is 6.04 Å². The number of sulfone groups is 1. The lowest BCUT2D eigenvalue weighted by Crippen LogP contribution is -2.36. The first kappa shape index (κ1) is 20.7. The second-order valence-electron chi connectivity index (χ2n) is 8.27. The van der Waals surface area contributed by atoms with Crippen molar-refractivity contribution in [3.63, 3.8) is 0 Å². The van der Waals surface area contributed by atoms with Gasteiger partial charge in [-0.05, 0) is 38.2 Å². The summed E-state index contributed by atoms with van der Waals surface area (Å²) in [7, 11) is -3.48. The highest BCUT2D eigenvalue weighted by molar-refractivity contribution is 7.92. The molecule has 4 rings (SSSR count). The molecule has 2 aromatic rings. The van der Waals surface area contributed by atoms with E-state index in [1.165, 1.54) is 29.2 Å². The van der Waals surface area contributed by atoms with Gasteiger partial charge in [0.15, 0.2) is 15.7 Å². The van der Waals surface area contributed by atoms with Gasteiger partial charge < -0.3 is 9.88 Å². The maximum atomic E-state index is 13.1. The molecule has 2 aromatic heterocycles. The molecule has 0 unspecified atom stereocenters. The molecule has 2 aliphatic rings.